The van der Waals surface area contributed by atoms with Gasteiger partial charge in [0.25, 0.3) is 0 Å². The molecule has 1 saturated heterocycles. The smallest absolute Gasteiger partial charge is 0.238 e. The van der Waals surface area contributed by atoms with E-state index in [4.69, 9.17) is 0 Å². The molecule has 2 heterocycles. The zero-order valence-electron chi connectivity index (χ0n) is 17.2. The molecule has 0 spiro atoms. The van der Waals surface area contributed by atoms with Crippen molar-refractivity contribution in [2.75, 3.05) is 30.3 Å². The van der Waals surface area contributed by atoms with Crippen LogP contribution >= 0.6 is 0 Å². The fourth-order valence-electron chi connectivity index (χ4n) is 4.04. The summed E-state index contributed by atoms with van der Waals surface area (Å²) in [7, 11) is 0. The van der Waals surface area contributed by atoms with Gasteiger partial charge in [-0.2, -0.15) is 0 Å². The van der Waals surface area contributed by atoms with E-state index in [9.17, 15) is 9.59 Å². The van der Waals surface area contributed by atoms with E-state index < -0.39 is 0 Å². The van der Waals surface area contributed by atoms with Crippen LogP contribution in [-0.4, -0.2) is 45.9 Å². The lowest BCUT2D eigenvalue weighted by Gasteiger charge is -2.31. The number of fused-ring (bicyclic) bond motifs is 1. The number of likely N-dealkylation sites (tertiary alicyclic amines) is 1. The van der Waals surface area contributed by atoms with E-state index in [2.05, 4.69) is 31.2 Å². The van der Waals surface area contributed by atoms with E-state index in [-0.39, 0.29) is 11.8 Å². The van der Waals surface area contributed by atoms with Crippen molar-refractivity contribution in [3.63, 3.8) is 0 Å². The van der Waals surface area contributed by atoms with Crippen LogP contribution in [0.5, 0.6) is 0 Å². The van der Waals surface area contributed by atoms with Gasteiger partial charge in [0.15, 0.2) is 0 Å². The Labute approximate surface area is 176 Å². The molecule has 0 atom stereocenters. The van der Waals surface area contributed by atoms with Crippen LogP contribution in [0, 0.1) is 5.92 Å². The highest BCUT2D eigenvalue weighted by Crippen LogP contribution is 2.22. The summed E-state index contributed by atoms with van der Waals surface area (Å²) in [5.74, 6) is 0.426. The zero-order valence-corrected chi connectivity index (χ0v) is 17.2. The molecule has 0 radical (unpaired) electrons. The third kappa shape index (κ3) is 5.04. The average molecular weight is 406 g/mol. The van der Waals surface area contributed by atoms with Gasteiger partial charge in [-0.05, 0) is 62.2 Å². The minimum absolute atomic E-state index is 0.0333. The molecule has 7 heteroatoms. The van der Waals surface area contributed by atoms with Crippen LogP contribution in [0.15, 0.2) is 54.9 Å². The molecule has 4 rings (SSSR count). The van der Waals surface area contributed by atoms with Crippen molar-refractivity contribution in [1.82, 2.24) is 14.5 Å². The van der Waals surface area contributed by atoms with Gasteiger partial charge in [-0.25, -0.2) is 4.98 Å². The predicted octanol–water partition coefficient (Wildman–Crippen LogP) is 3.35. The number of carbonyl (C=O) groups is 2. The maximum atomic E-state index is 12.4. The highest BCUT2D eigenvalue weighted by atomic mass is 16.2. The number of anilines is 2. The number of para-hydroxylation sites is 2. The number of imidazole rings is 1. The van der Waals surface area contributed by atoms with Crippen LogP contribution in [0.3, 0.4) is 0 Å². The first-order valence-corrected chi connectivity index (χ1v) is 10.4. The maximum absolute atomic E-state index is 12.4. The molecule has 0 bridgehead atoms. The molecule has 0 saturated carbocycles. The number of aromatic nitrogens is 2. The zero-order chi connectivity index (χ0) is 20.9. The highest BCUT2D eigenvalue weighted by Gasteiger charge is 2.21. The van der Waals surface area contributed by atoms with Gasteiger partial charge in [-0.3, -0.25) is 14.5 Å². The Morgan fingerprint density at radius 2 is 1.77 bits per heavy atom. The monoisotopic (exact) mass is 405 g/mol. The lowest BCUT2D eigenvalue weighted by Crippen LogP contribution is -2.39. The first-order chi connectivity index (χ1) is 14.6. The SMILES string of the molecule is CC(=O)Nc1cccc(NC(=O)CN2CCC(Cn3cnc4ccccc43)CC2)c1. The van der Waals surface area contributed by atoms with Gasteiger partial charge in [0.1, 0.15) is 0 Å². The van der Waals surface area contributed by atoms with Crippen molar-refractivity contribution in [3.8, 4) is 0 Å². The molecule has 2 N–H and O–H groups in total. The van der Waals surface area contributed by atoms with Crippen LogP contribution in [0.2, 0.25) is 0 Å². The minimum Gasteiger partial charge on any atom is -0.330 e. The summed E-state index contributed by atoms with van der Waals surface area (Å²) in [6.07, 6.45) is 4.06. The number of nitrogens with zero attached hydrogens (tertiary/aromatic N) is 3. The second-order valence-electron chi connectivity index (χ2n) is 7.92. The third-order valence-electron chi connectivity index (χ3n) is 5.52. The topological polar surface area (TPSA) is 79.3 Å². The molecule has 0 unspecified atom stereocenters. The van der Waals surface area contributed by atoms with Crippen LogP contribution in [-0.2, 0) is 16.1 Å². The van der Waals surface area contributed by atoms with Crippen molar-refractivity contribution >= 4 is 34.2 Å². The van der Waals surface area contributed by atoms with Gasteiger partial charge in [0.2, 0.25) is 11.8 Å². The number of rotatable bonds is 6. The Morgan fingerprint density at radius 3 is 2.53 bits per heavy atom. The van der Waals surface area contributed by atoms with Crippen LogP contribution in [0.1, 0.15) is 19.8 Å². The van der Waals surface area contributed by atoms with Gasteiger partial charge >= 0.3 is 0 Å². The number of hydrogen-bond acceptors (Lipinski definition) is 4. The van der Waals surface area contributed by atoms with Crippen molar-refractivity contribution < 1.29 is 9.59 Å². The standard InChI is InChI=1S/C23H27N5O2/c1-17(29)25-19-5-4-6-20(13-19)26-23(30)15-27-11-9-18(10-12-27)14-28-16-24-21-7-2-3-8-22(21)28/h2-8,13,16,18H,9-12,14-15H2,1H3,(H,25,29)(H,26,30). The molecule has 7 nitrogen and oxygen atoms in total. The second kappa shape index (κ2) is 9.09. The Balaban J connectivity index is 1.25. The lowest BCUT2D eigenvalue weighted by molar-refractivity contribution is -0.117. The summed E-state index contributed by atoms with van der Waals surface area (Å²) in [6.45, 7) is 4.64. The molecule has 30 heavy (non-hydrogen) atoms. The number of amides is 2. The number of nitrogens with one attached hydrogen (secondary N) is 2. The van der Waals surface area contributed by atoms with E-state index >= 15 is 0 Å². The van der Waals surface area contributed by atoms with E-state index in [0.29, 0.717) is 23.8 Å². The second-order valence-corrected chi connectivity index (χ2v) is 7.92. The van der Waals surface area contributed by atoms with E-state index in [0.717, 1.165) is 38.0 Å². The summed E-state index contributed by atoms with van der Waals surface area (Å²) in [4.78, 5) is 30.3. The van der Waals surface area contributed by atoms with Gasteiger partial charge in [-0.1, -0.05) is 18.2 Å². The molecule has 2 aromatic carbocycles. The van der Waals surface area contributed by atoms with Crippen molar-refractivity contribution in [3.05, 3.63) is 54.9 Å². The van der Waals surface area contributed by atoms with Gasteiger partial charge in [0.05, 0.1) is 23.9 Å². The van der Waals surface area contributed by atoms with Crippen molar-refractivity contribution in [1.29, 1.82) is 0 Å². The molecule has 156 valence electrons. The fraction of sp³-hybridized carbons (Fsp3) is 0.348. The first-order valence-electron chi connectivity index (χ1n) is 10.4. The summed E-state index contributed by atoms with van der Waals surface area (Å²) in [5.41, 5.74) is 3.58. The average Bonchev–Trinajstić information content (AvgIpc) is 3.12. The largest absolute Gasteiger partial charge is 0.330 e. The molecule has 3 aromatic rings. The fourth-order valence-corrected chi connectivity index (χ4v) is 4.04. The molecular weight excluding hydrogens is 378 g/mol. The molecule has 1 aliphatic rings. The molecule has 0 aliphatic carbocycles. The minimum atomic E-state index is -0.134. The van der Waals surface area contributed by atoms with Crippen LogP contribution in [0.4, 0.5) is 11.4 Å². The Hall–Kier alpha value is -3.19. The summed E-state index contributed by atoms with van der Waals surface area (Å²) in [6, 6.07) is 15.4. The van der Waals surface area contributed by atoms with Crippen molar-refractivity contribution in [2.45, 2.75) is 26.3 Å². The number of piperidine rings is 1. The van der Waals surface area contributed by atoms with Gasteiger partial charge in [-0.15, -0.1) is 0 Å². The molecule has 1 fully saturated rings. The predicted molar refractivity (Wildman–Crippen MR) is 118 cm³/mol. The van der Waals surface area contributed by atoms with E-state index in [1.54, 1.807) is 12.1 Å². The molecule has 2 amide bonds. The Bertz CT molecular complexity index is 1040. The van der Waals surface area contributed by atoms with Crippen LogP contribution < -0.4 is 10.6 Å². The Kier molecular flexibility index (Phi) is 6.09. The molecular formula is C23H27N5O2. The molecule has 1 aliphatic heterocycles. The number of benzene rings is 2. The Morgan fingerprint density at radius 1 is 1.03 bits per heavy atom. The van der Waals surface area contributed by atoms with Gasteiger partial charge in [0, 0.05) is 24.8 Å². The van der Waals surface area contributed by atoms with Crippen LogP contribution in [0.25, 0.3) is 11.0 Å². The summed E-state index contributed by atoms with van der Waals surface area (Å²) in [5, 5.41) is 5.65. The normalized spacial score (nSPS) is 15.2. The van der Waals surface area contributed by atoms with E-state index in [1.807, 2.05) is 36.7 Å². The summed E-state index contributed by atoms with van der Waals surface area (Å²) < 4.78 is 2.24. The molecule has 1 aromatic heterocycles. The maximum Gasteiger partial charge on any atom is 0.238 e. The van der Waals surface area contributed by atoms with Crippen molar-refractivity contribution in [2.24, 2.45) is 5.92 Å². The van der Waals surface area contributed by atoms with Gasteiger partial charge < -0.3 is 15.2 Å². The highest BCUT2D eigenvalue weighted by molar-refractivity contribution is 5.94. The quantitative estimate of drug-likeness (QED) is 0.659. The first kappa shape index (κ1) is 20.1. The summed E-state index contributed by atoms with van der Waals surface area (Å²) >= 11 is 0. The van der Waals surface area contributed by atoms with E-state index in [1.165, 1.54) is 12.4 Å². The third-order valence-corrected chi connectivity index (χ3v) is 5.52. The number of hydrogen-bond donors (Lipinski definition) is 2. The number of carbonyl (C=O) groups excluding carboxylic acids is 2. The lowest BCUT2D eigenvalue weighted by atomic mass is 9.96.